The molecule has 1 heterocycles. The van der Waals surface area contributed by atoms with E-state index in [9.17, 15) is 0 Å². The van der Waals surface area contributed by atoms with E-state index in [1.807, 2.05) is 4.57 Å². The summed E-state index contributed by atoms with van der Waals surface area (Å²) in [6.07, 6.45) is 1.70. The first-order chi connectivity index (χ1) is 4.22. The van der Waals surface area contributed by atoms with Gasteiger partial charge in [0.25, 0.3) is 0 Å². The van der Waals surface area contributed by atoms with E-state index in [-0.39, 0.29) is 51.4 Å². The fraction of sp³-hybridized carbons (Fsp3) is 0.600. The first-order valence-electron chi connectivity index (χ1n) is 2.83. The van der Waals surface area contributed by atoms with Gasteiger partial charge in [-0.1, -0.05) is 0 Å². The second-order valence-corrected chi connectivity index (χ2v) is 2.55. The molecule has 0 fully saturated rings. The SMILES string of the molecule is CC(C)n1cn[nH]c1=S.[K]. The van der Waals surface area contributed by atoms with Gasteiger partial charge in [0, 0.05) is 57.4 Å². The Bertz CT molecular complexity index is 239. The van der Waals surface area contributed by atoms with Crippen molar-refractivity contribution in [3.05, 3.63) is 11.1 Å². The average Bonchev–Trinajstić information content (AvgIpc) is 2.13. The van der Waals surface area contributed by atoms with Crippen molar-refractivity contribution in [2.75, 3.05) is 0 Å². The molecular formula is C5H9KN3S. The van der Waals surface area contributed by atoms with E-state index in [0.29, 0.717) is 10.8 Å². The van der Waals surface area contributed by atoms with Gasteiger partial charge >= 0.3 is 0 Å². The smallest absolute Gasteiger partial charge is 0.195 e. The van der Waals surface area contributed by atoms with E-state index in [2.05, 4.69) is 24.0 Å². The summed E-state index contributed by atoms with van der Waals surface area (Å²) in [5, 5.41) is 6.45. The predicted octanol–water partition coefficient (Wildman–Crippen LogP) is 1.14. The van der Waals surface area contributed by atoms with Gasteiger partial charge < -0.3 is 4.57 Å². The molecule has 0 aromatic carbocycles. The zero-order valence-corrected chi connectivity index (χ0v) is 10.4. The number of hydrogen-bond acceptors (Lipinski definition) is 2. The number of aromatic amines is 1. The third-order valence-electron chi connectivity index (χ3n) is 1.13. The molecule has 1 aromatic rings. The van der Waals surface area contributed by atoms with Crippen LogP contribution in [0.5, 0.6) is 0 Å². The van der Waals surface area contributed by atoms with Crippen LogP contribution in [0.15, 0.2) is 6.33 Å². The molecule has 1 radical (unpaired) electrons. The normalized spacial score (nSPS) is 9.50. The van der Waals surface area contributed by atoms with Gasteiger partial charge in [0.2, 0.25) is 0 Å². The van der Waals surface area contributed by atoms with Crippen LogP contribution in [-0.2, 0) is 0 Å². The van der Waals surface area contributed by atoms with Gasteiger partial charge in [-0.25, -0.2) is 0 Å². The Hall–Kier alpha value is 0.996. The second kappa shape index (κ2) is 4.79. The first kappa shape index (κ1) is 11.0. The van der Waals surface area contributed by atoms with Crippen molar-refractivity contribution in [2.24, 2.45) is 0 Å². The average molecular weight is 182 g/mol. The summed E-state index contributed by atoms with van der Waals surface area (Å²) in [5.41, 5.74) is 0. The molecule has 3 nitrogen and oxygen atoms in total. The largest absolute Gasteiger partial charge is 0.304 e. The summed E-state index contributed by atoms with van der Waals surface area (Å²) in [5.74, 6) is 0. The molecule has 0 bridgehead atoms. The molecule has 51 valence electrons. The fourth-order valence-electron chi connectivity index (χ4n) is 0.624. The number of hydrogen-bond donors (Lipinski definition) is 1. The van der Waals surface area contributed by atoms with Crippen LogP contribution in [0.2, 0.25) is 0 Å². The van der Waals surface area contributed by atoms with Gasteiger partial charge in [0.05, 0.1) is 0 Å². The van der Waals surface area contributed by atoms with E-state index in [0.717, 1.165) is 0 Å². The summed E-state index contributed by atoms with van der Waals surface area (Å²) in [4.78, 5) is 0. The van der Waals surface area contributed by atoms with Crippen LogP contribution in [-0.4, -0.2) is 66.1 Å². The molecule has 0 unspecified atom stereocenters. The number of H-pyrrole nitrogens is 1. The van der Waals surface area contributed by atoms with E-state index in [4.69, 9.17) is 12.2 Å². The van der Waals surface area contributed by atoms with Crippen molar-refractivity contribution >= 4 is 63.6 Å². The number of nitrogens with zero attached hydrogens (tertiary/aromatic N) is 2. The maximum absolute atomic E-state index is 4.91. The molecule has 1 N–H and O–H groups in total. The fourth-order valence-corrected chi connectivity index (χ4v) is 0.935. The third-order valence-corrected chi connectivity index (χ3v) is 1.44. The van der Waals surface area contributed by atoms with Crippen LogP contribution in [0.25, 0.3) is 0 Å². The Balaban J connectivity index is 0.000000810. The summed E-state index contributed by atoms with van der Waals surface area (Å²) >= 11 is 4.91. The zero-order valence-electron chi connectivity index (χ0n) is 6.46. The van der Waals surface area contributed by atoms with E-state index >= 15 is 0 Å². The van der Waals surface area contributed by atoms with Gasteiger partial charge in [-0.3, -0.25) is 5.10 Å². The molecule has 0 saturated carbocycles. The minimum absolute atomic E-state index is 0. The van der Waals surface area contributed by atoms with Crippen molar-refractivity contribution in [2.45, 2.75) is 19.9 Å². The Labute approximate surface area is 108 Å². The van der Waals surface area contributed by atoms with Gasteiger partial charge in [0.15, 0.2) is 4.77 Å². The van der Waals surface area contributed by atoms with Crippen molar-refractivity contribution in [3.8, 4) is 0 Å². The number of aromatic nitrogens is 3. The van der Waals surface area contributed by atoms with Crippen molar-refractivity contribution in [1.29, 1.82) is 0 Å². The quantitative estimate of drug-likeness (QED) is 0.522. The number of nitrogens with one attached hydrogen (secondary N) is 1. The molecule has 0 spiro atoms. The Morgan fingerprint density at radius 3 is 2.50 bits per heavy atom. The van der Waals surface area contributed by atoms with Crippen LogP contribution >= 0.6 is 12.2 Å². The van der Waals surface area contributed by atoms with Crippen LogP contribution in [0, 0.1) is 4.77 Å². The van der Waals surface area contributed by atoms with Crippen LogP contribution in [0.1, 0.15) is 19.9 Å². The zero-order chi connectivity index (χ0) is 6.85. The molecule has 0 amide bonds. The van der Waals surface area contributed by atoms with Crippen molar-refractivity contribution < 1.29 is 0 Å². The standard InChI is InChI=1S/C5H9N3S.K/c1-4(2)8-3-6-7-5(8)9;/h3-4H,1-2H3,(H,7,9);. The molecule has 0 saturated heterocycles. The molecule has 1 aromatic heterocycles. The summed E-state index contributed by atoms with van der Waals surface area (Å²) in [6, 6.07) is 0.399. The monoisotopic (exact) mass is 182 g/mol. The van der Waals surface area contributed by atoms with Crippen LogP contribution in [0.3, 0.4) is 0 Å². The van der Waals surface area contributed by atoms with Crippen LogP contribution < -0.4 is 0 Å². The van der Waals surface area contributed by atoms with E-state index in [1.54, 1.807) is 6.33 Å². The Kier molecular flexibility index (Phi) is 5.27. The molecule has 5 heteroatoms. The van der Waals surface area contributed by atoms with E-state index in [1.165, 1.54) is 0 Å². The minimum atomic E-state index is 0. The Morgan fingerprint density at radius 1 is 1.70 bits per heavy atom. The molecular weight excluding hydrogens is 173 g/mol. The van der Waals surface area contributed by atoms with Gasteiger partial charge in [-0.15, -0.1) is 0 Å². The molecule has 0 aliphatic carbocycles. The maximum atomic E-state index is 4.91. The molecule has 10 heavy (non-hydrogen) atoms. The summed E-state index contributed by atoms with van der Waals surface area (Å²) in [7, 11) is 0. The maximum Gasteiger partial charge on any atom is 0.195 e. The number of rotatable bonds is 1. The Morgan fingerprint density at radius 2 is 2.30 bits per heavy atom. The third kappa shape index (κ3) is 2.56. The molecule has 0 aliphatic heterocycles. The first-order valence-corrected chi connectivity index (χ1v) is 3.24. The van der Waals surface area contributed by atoms with Crippen molar-refractivity contribution in [1.82, 2.24) is 14.8 Å². The van der Waals surface area contributed by atoms with Gasteiger partial charge in [-0.05, 0) is 26.1 Å². The van der Waals surface area contributed by atoms with E-state index < -0.39 is 0 Å². The minimum Gasteiger partial charge on any atom is -0.304 e. The predicted molar refractivity (Wildman–Crippen MR) is 43.6 cm³/mol. The summed E-state index contributed by atoms with van der Waals surface area (Å²) in [6.45, 7) is 4.12. The van der Waals surface area contributed by atoms with Gasteiger partial charge in [-0.2, -0.15) is 5.10 Å². The topological polar surface area (TPSA) is 33.6 Å². The van der Waals surface area contributed by atoms with Crippen molar-refractivity contribution in [3.63, 3.8) is 0 Å². The molecule has 0 atom stereocenters. The summed E-state index contributed by atoms with van der Waals surface area (Å²) < 4.78 is 2.58. The molecule has 1 rings (SSSR count). The van der Waals surface area contributed by atoms with Gasteiger partial charge in [0.1, 0.15) is 6.33 Å². The molecule has 0 aliphatic rings. The van der Waals surface area contributed by atoms with Crippen LogP contribution in [0.4, 0.5) is 0 Å². The second-order valence-electron chi connectivity index (χ2n) is 2.16.